The number of hydrogen-bond acceptors (Lipinski definition) is 5. The summed E-state index contributed by atoms with van der Waals surface area (Å²) in [5.41, 5.74) is 4.56. The number of piperidine rings is 2. The molecule has 1 aliphatic carbocycles. The average Bonchev–Trinajstić information content (AvgIpc) is 3.56. The summed E-state index contributed by atoms with van der Waals surface area (Å²) in [6.45, 7) is 6.86. The zero-order valence-electron chi connectivity index (χ0n) is 17.6. The molecular weight excluding hydrogens is 370 g/mol. The number of likely N-dealkylation sites (tertiary alicyclic amines) is 2. The van der Waals surface area contributed by atoms with Crippen molar-refractivity contribution in [2.45, 2.75) is 44.6 Å². The lowest BCUT2D eigenvalue weighted by Gasteiger charge is -2.43. The summed E-state index contributed by atoms with van der Waals surface area (Å²) in [5.74, 6) is -0.0971. The van der Waals surface area contributed by atoms with Crippen molar-refractivity contribution in [3.8, 4) is 0 Å². The molecule has 4 rings (SSSR count). The minimum atomic E-state index is -0.905. The Morgan fingerprint density at radius 3 is 2.10 bits per heavy atom. The molecule has 4 aliphatic rings. The smallest absolute Gasteiger partial charge is 0.238 e. The Kier molecular flexibility index (Phi) is 5.84. The predicted molar refractivity (Wildman–Crippen MR) is 109 cm³/mol. The maximum atomic E-state index is 13.0. The monoisotopic (exact) mass is 405 g/mol. The molecule has 3 saturated heterocycles. The summed E-state index contributed by atoms with van der Waals surface area (Å²) in [6.07, 6.45) is 5.08. The van der Waals surface area contributed by atoms with Crippen LogP contribution < -0.4 is 5.73 Å². The van der Waals surface area contributed by atoms with Gasteiger partial charge in [0.25, 0.3) is 0 Å². The minimum absolute atomic E-state index is 0.0646. The zero-order chi connectivity index (χ0) is 20.6. The van der Waals surface area contributed by atoms with Gasteiger partial charge in [-0.3, -0.25) is 19.3 Å². The highest BCUT2D eigenvalue weighted by atomic mass is 16.2. The van der Waals surface area contributed by atoms with E-state index in [1.165, 1.54) is 0 Å². The van der Waals surface area contributed by atoms with Gasteiger partial charge < -0.3 is 20.4 Å². The lowest BCUT2D eigenvalue weighted by Crippen LogP contribution is -2.55. The van der Waals surface area contributed by atoms with Crippen LogP contribution in [0.2, 0.25) is 0 Å². The van der Waals surface area contributed by atoms with Gasteiger partial charge in [-0.1, -0.05) is 0 Å². The number of primary amides is 1. The Labute approximate surface area is 173 Å². The number of carbonyl (C=O) groups excluding carboxylic acids is 3. The molecule has 162 valence electrons. The molecule has 0 spiro atoms. The van der Waals surface area contributed by atoms with Gasteiger partial charge in [0.05, 0.1) is 5.92 Å². The van der Waals surface area contributed by atoms with Crippen LogP contribution in [-0.4, -0.2) is 103 Å². The van der Waals surface area contributed by atoms with Crippen molar-refractivity contribution >= 4 is 17.7 Å². The maximum Gasteiger partial charge on any atom is 0.238 e. The number of carbonyl (C=O) groups is 3. The van der Waals surface area contributed by atoms with E-state index in [2.05, 4.69) is 16.8 Å². The Balaban J connectivity index is 1.28. The molecule has 1 atom stereocenters. The van der Waals surface area contributed by atoms with Gasteiger partial charge in [0.2, 0.25) is 17.7 Å². The molecule has 0 radical (unpaired) electrons. The van der Waals surface area contributed by atoms with E-state index in [-0.39, 0.29) is 11.8 Å². The van der Waals surface area contributed by atoms with Crippen molar-refractivity contribution in [1.82, 2.24) is 19.6 Å². The number of piperazine rings is 1. The van der Waals surface area contributed by atoms with E-state index in [4.69, 9.17) is 5.73 Å². The minimum Gasteiger partial charge on any atom is -0.369 e. The van der Waals surface area contributed by atoms with Crippen LogP contribution >= 0.6 is 0 Å². The fourth-order valence-corrected chi connectivity index (χ4v) is 5.25. The van der Waals surface area contributed by atoms with E-state index < -0.39 is 11.3 Å². The fourth-order valence-electron chi connectivity index (χ4n) is 5.25. The molecule has 0 unspecified atom stereocenters. The second-order valence-corrected chi connectivity index (χ2v) is 9.43. The highest BCUT2D eigenvalue weighted by Crippen LogP contribution is 2.47. The molecule has 3 aliphatic heterocycles. The first kappa shape index (κ1) is 20.6. The highest BCUT2D eigenvalue weighted by molar-refractivity contribution is 6.07. The third kappa shape index (κ3) is 4.14. The van der Waals surface area contributed by atoms with Gasteiger partial charge in [0.1, 0.15) is 5.41 Å². The van der Waals surface area contributed by atoms with E-state index >= 15 is 0 Å². The van der Waals surface area contributed by atoms with E-state index in [1.807, 2.05) is 9.80 Å². The SMILES string of the molecule is CN1CCN(C(=O)[C@H]2CCCN(C3CCN(C(=O)C4(C(N)=O)CC4)CC3)C2)CC1. The Morgan fingerprint density at radius 2 is 1.52 bits per heavy atom. The molecule has 29 heavy (non-hydrogen) atoms. The number of likely N-dealkylation sites (N-methyl/N-ethyl adjacent to an activating group) is 1. The second kappa shape index (κ2) is 8.22. The molecule has 0 aromatic rings. The fraction of sp³-hybridized carbons (Fsp3) is 0.857. The summed E-state index contributed by atoms with van der Waals surface area (Å²) in [5, 5.41) is 0. The second-order valence-electron chi connectivity index (χ2n) is 9.43. The number of hydrogen-bond donors (Lipinski definition) is 1. The molecule has 0 aromatic heterocycles. The molecule has 0 bridgehead atoms. The first-order chi connectivity index (χ1) is 13.9. The first-order valence-corrected chi connectivity index (χ1v) is 11.2. The van der Waals surface area contributed by atoms with Gasteiger partial charge in [-0.15, -0.1) is 0 Å². The molecule has 8 heteroatoms. The summed E-state index contributed by atoms with van der Waals surface area (Å²) >= 11 is 0. The van der Waals surface area contributed by atoms with Crippen molar-refractivity contribution in [1.29, 1.82) is 0 Å². The van der Waals surface area contributed by atoms with E-state index in [1.54, 1.807) is 0 Å². The van der Waals surface area contributed by atoms with Crippen molar-refractivity contribution < 1.29 is 14.4 Å². The molecular formula is C21H35N5O3. The van der Waals surface area contributed by atoms with Gasteiger partial charge in [-0.05, 0) is 52.1 Å². The summed E-state index contributed by atoms with van der Waals surface area (Å²) in [7, 11) is 2.11. The number of amides is 3. The first-order valence-electron chi connectivity index (χ1n) is 11.2. The van der Waals surface area contributed by atoms with Gasteiger partial charge in [-0.2, -0.15) is 0 Å². The summed E-state index contributed by atoms with van der Waals surface area (Å²) in [6, 6.07) is 0.422. The topological polar surface area (TPSA) is 90.2 Å². The molecule has 8 nitrogen and oxygen atoms in total. The average molecular weight is 406 g/mol. The number of rotatable bonds is 4. The molecule has 4 fully saturated rings. The van der Waals surface area contributed by atoms with Crippen LogP contribution in [0.25, 0.3) is 0 Å². The van der Waals surface area contributed by atoms with Gasteiger partial charge >= 0.3 is 0 Å². The number of nitrogens with zero attached hydrogens (tertiary/aromatic N) is 4. The maximum absolute atomic E-state index is 13.0. The Morgan fingerprint density at radius 1 is 0.862 bits per heavy atom. The van der Waals surface area contributed by atoms with Crippen LogP contribution in [0, 0.1) is 11.3 Å². The highest BCUT2D eigenvalue weighted by Gasteiger charge is 2.57. The van der Waals surface area contributed by atoms with E-state index in [9.17, 15) is 14.4 Å². The molecule has 2 N–H and O–H groups in total. The third-order valence-corrected chi connectivity index (χ3v) is 7.52. The van der Waals surface area contributed by atoms with Crippen LogP contribution in [0.3, 0.4) is 0 Å². The largest absolute Gasteiger partial charge is 0.369 e. The predicted octanol–water partition coefficient (Wildman–Crippen LogP) is -0.271. The summed E-state index contributed by atoms with van der Waals surface area (Å²) in [4.78, 5) is 46.0. The molecule has 3 amide bonds. The van der Waals surface area contributed by atoms with Crippen LogP contribution in [-0.2, 0) is 14.4 Å². The van der Waals surface area contributed by atoms with E-state index in [0.29, 0.717) is 37.9 Å². The van der Waals surface area contributed by atoms with Gasteiger partial charge in [0.15, 0.2) is 0 Å². The normalized spacial score (nSPS) is 28.9. The van der Waals surface area contributed by atoms with E-state index in [0.717, 1.165) is 65.0 Å². The summed E-state index contributed by atoms with van der Waals surface area (Å²) < 4.78 is 0. The van der Waals surface area contributed by atoms with Crippen LogP contribution in [0.15, 0.2) is 0 Å². The molecule has 0 aromatic carbocycles. The molecule has 3 heterocycles. The van der Waals surface area contributed by atoms with Crippen molar-refractivity contribution in [2.24, 2.45) is 17.1 Å². The van der Waals surface area contributed by atoms with Crippen LogP contribution in [0.4, 0.5) is 0 Å². The quantitative estimate of drug-likeness (QED) is 0.651. The lowest BCUT2D eigenvalue weighted by molar-refractivity contribution is -0.144. The van der Waals surface area contributed by atoms with Crippen molar-refractivity contribution in [3.63, 3.8) is 0 Å². The third-order valence-electron chi connectivity index (χ3n) is 7.52. The number of nitrogens with two attached hydrogens (primary N) is 1. The standard InChI is InChI=1S/C21H35N5O3/c1-23-11-13-24(14-12-23)18(27)16-3-2-8-26(15-16)17-4-9-25(10-5-17)20(29)21(6-7-21)19(22)28/h16-17H,2-15H2,1H3,(H2,22,28)/t16-/m0/s1. The van der Waals surface area contributed by atoms with Gasteiger partial charge in [-0.25, -0.2) is 0 Å². The Hall–Kier alpha value is -1.67. The Bertz CT molecular complexity index is 649. The van der Waals surface area contributed by atoms with Crippen LogP contribution in [0.5, 0.6) is 0 Å². The van der Waals surface area contributed by atoms with Crippen molar-refractivity contribution in [2.75, 3.05) is 59.4 Å². The van der Waals surface area contributed by atoms with Crippen LogP contribution in [0.1, 0.15) is 38.5 Å². The molecule has 1 saturated carbocycles. The lowest BCUT2D eigenvalue weighted by atomic mass is 9.92. The zero-order valence-corrected chi connectivity index (χ0v) is 17.6. The van der Waals surface area contributed by atoms with Gasteiger partial charge in [0, 0.05) is 51.9 Å². The van der Waals surface area contributed by atoms with Crippen molar-refractivity contribution in [3.05, 3.63) is 0 Å².